The maximum atomic E-state index is 13.9. The Balaban J connectivity index is 1.77. The van der Waals surface area contributed by atoms with E-state index in [2.05, 4.69) is 10.9 Å². The number of hydrogen-bond donors (Lipinski definition) is 4. The first kappa shape index (κ1) is 19.7. The molecule has 5 N–H and O–H groups in total. The number of nitrogens with two attached hydrogens (primary N) is 1. The van der Waals surface area contributed by atoms with Crippen molar-refractivity contribution in [1.82, 2.24) is 9.55 Å². The quantitative estimate of drug-likeness (QED) is 0.492. The Labute approximate surface area is 171 Å². The molecule has 8 heteroatoms. The zero-order valence-electron chi connectivity index (χ0n) is 15.2. The van der Waals surface area contributed by atoms with Crippen LogP contribution < -0.4 is 5.73 Å². The van der Waals surface area contributed by atoms with Crippen LogP contribution in [0.25, 0.3) is 11.0 Å². The highest BCUT2D eigenvalue weighted by Gasteiger charge is 2.57. The Kier molecular flexibility index (Phi) is 4.75. The average molecular weight is 416 g/mol. The summed E-state index contributed by atoms with van der Waals surface area (Å²) in [6.07, 6.45) is 4.87. The van der Waals surface area contributed by atoms with Gasteiger partial charge in [-0.1, -0.05) is 23.6 Å². The Morgan fingerprint density at radius 1 is 1.34 bits per heavy atom. The SMILES string of the molecule is C#C[C@]1(C(O)c2ccc(Cl)c(F)c2)C[C@@H](n2ccc3c(N)ccnc32)[C@H](O)[C@@H]1O. The summed E-state index contributed by atoms with van der Waals surface area (Å²) in [6, 6.07) is 6.58. The number of aliphatic hydroxyl groups is 3. The van der Waals surface area contributed by atoms with Gasteiger partial charge in [0.2, 0.25) is 0 Å². The molecule has 1 aromatic carbocycles. The van der Waals surface area contributed by atoms with E-state index in [9.17, 15) is 19.7 Å². The van der Waals surface area contributed by atoms with Crippen LogP contribution >= 0.6 is 11.6 Å². The van der Waals surface area contributed by atoms with E-state index in [0.29, 0.717) is 16.7 Å². The predicted molar refractivity (Wildman–Crippen MR) is 107 cm³/mol. The van der Waals surface area contributed by atoms with Crippen molar-refractivity contribution in [2.45, 2.75) is 30.8 Å². The Bertz CT molecular complexity index is 1130. The summed E-state index contributed by atoms with van der Waals surface area (Å²) in [5.41, 5.74) is 5.66. The van der Waals surface area contributed by atoms with Crippen molar-refractivity contribution >= 4 is 28.3 Å². The number of terminal acetylenes is 1. The first-order valence-corrected chi connectivity index (χ1v) is 9.36. The van der Waals surface area contributed by atoms with Gasteiger partial charge < -0.3 is 25.6 Å². The van der Waals surface area contributed by atoms with Crippen LogP contribution in [0.5, 0.6) is 0 Å². The van der Waals surface area contributed by atoms with Crippen LogP contribution in [0.1, 0.15) is 24.1 Å². The second-order valence-corrected chi connectivity index (χ2v) is 7.74. The molecule has 0 aliphatic heterocycles. The first-order chi connectivity index (χ1) is 13.8. The largest absolute Gasteiger partial charge is 0.398 e. The van der Waals surface area contributed by atoms with Gasteiger partial charge in [0.05, 0.1) is 22.6 Å². The molecule has 0 radical (unpaired) electrons. The van der Waals surface area contributed by atoms with Crippen LogP contribution in [0.15, 0.2) is 42.7 Å². The summed E-state index contributed by atoms with van der Waals surface area (Å²) in [5.74, 6) is 1.76. The zero-order valence-corrected chi connectivity index (χ0v) is 16.0. The van der Waals surface area contributed by atoms with Crippen molar-refractivity contribution in [3.63, 3.8) is 0 Å². The number of pyridine rings is 1. The summed E-state index contributed by atoms with van der Waals surface area (Å²) in [7, 11) is 0. The van der Waals surface area contributed by atoms with Gasteiger partial charge >= 0.3 is 0 Å². The molecule has 1 saturated carbocycles. The van der Waals surface area contributed by atoms with Crippen molar-refractivity contribution < 1.29 is 19.7 Å². The summed E-state index contributed by atoms with van der Waals surface area (Å²) in [5, 5.41) is 33.2. The molecule has 0 bridgehead atoms. The van der Waals surface area contributed by atoms with Gasteiger partial charge in [-0.05, 0) is 36.2 Å². The number of fused-ring (bicyclic) bond motifs is 1. The van der Waals surface area contributed by atoms with E-state index < -0.39 is 35.6 Å². The van der Waals surface area contributed by atoms with E-state index in [1.807, 2.05) is 0 Å². The summed E-state index contributed by atoms with van der Waals surface area (Å²) >= 11 is 5.72. The fourth-order valence-electron chi connectivity index (χ4n) is 4.19. The molecular formula is C21H19ClFN3O3. The van der Waals surface area contributed by atoms with E-state index in [1.54, 1.807) is 29.1 Å². The maximum Gasteiger partial charge on any atom is 0.142 e. The van der Waals surface area contributed by atoms with Crippen LogP contribution in [0.4, 0.5) is 10.1 Å². The van der Waals surface area contributed by atoms with Crippen molar-refractivity contribution in [2.24, 2.45) is 5.41 Å². The summed E-state index contributed by atoms with van der Waals surface area (Å²) < 4.78 is 15.6. The molecule has 6 nitrogen and oxygen atoms in total. The van der Waals surface area contributed by atoms with Gasteiger partial charge in [-0.3, -0.25) is 0 Å². The average Bonchev–Trinajstić information content (AvgIpc) is 3.25. The van der Waals surface area contributed by atoms with Crippen LogP contribution in [-0.2, 0) is 0 Å². The number of nitrogens with zero attached hydrogens (tertiary/aromatic N) is 2. The molecule has 5 atom stereocenters. The number of nitrogen functional groups attached to an aromatic ring is 1. The molecule has 2 aromatic heterocycles. The normalized spacial score (nSPS) is 27.8. The molecule has 4 rings (SSSR count). The summed E-state index contributed by atoms with van der Waals surface area (Å²) in [4.78, 5) is 4.32. The van der Waals surface area contributed by atoms with Gasteiger partial charge in [0.15, 0.2) is 0 Å². The number of benzene rings is 1. The van der Waals surface area contributed by atoms with Gasteiger partial charge in [-0.15, -0.1) is 6.42 Å². The second-order valence-electron chi connectivity index (χ2n) is 7.33. The van der Waals surface area contributed by atoms with E-state index in [-0.39, 0.29) is 17.0 Å². The van der Waals surface area contributed by atoms with Gasteiger partial charge in [-0.2, -0.15) is 0 Å². The van der Waals surface area contributed by atoms with Crippen LogP contribution in [0.2, 0.25) is 5.02 Å². The van der Waals surface area contributed by atoms with Crippen LogP contribution in [0.3, 0.4) is 0 Å². The fourth-order valence-corrected chi connectivity index (χ4v) is 4.31. The molecule has 1 fully saturated rings. The number of aromatic nitrogens is 2. The van der Waals surface area contributed by atoms with Gasteiger partial charge in [0.25, 0.3) is 0 Å². The lowest BCUT2D eigenvalue weighted by atomic mass is 9.76. The molecule has 0 saturated heterocycles. The first-order valence-electron chi connectivity index (χ1n) is 8.98. The number of hydrogen-bond acceptors (Lipinski definition) is 5. The number of aliphatic hydroxyl groups excluding tert-OH is 3. The molecule has 1 unspecified atom stereocenters. The molecule has 0 amide bonds. The standard InChI is InChI=1S/C21H19ClFN3O3/c1-2-21(18(28)11-3-4-13(22)14(23)9-11)10-16(17(27)19(21)29)26-8-6-12-15(24)5-7-25-20(12)26/h1,3-9,16-19,27-29H,10H2,(H2,24,25)/t16-,17+,18?,19+,21-/m1/s1. The molecule has 1 aliphatic rings. The molecule has 29 heavy (non-hydrogen) atoms. The maximum absolute atomic E-state index is 13.9. The molecular weight excluding hydrogens is 397 g/mol. The predicted octanol–water partition coefficient (Wildman–Crippen LogP) is 2.43. The van der Waals surface area contributed by atoms with Gasteiger partial charge in [0, 0.05) is 23.5 Å². The lowest BCUT2D eigenvalue weighted by molar-refractivity contribution is -0.0566. The van der Waals surface area contributed by atoms with E-state index in [4.69, 9.17) is 23.8 Å². The minimum Gasteiger partial charge on any atom is -0.398 e. The highest BCUT2D eigenvalue weighted by atomic mass is 35.5. The van der Waals surface area contributed by atoms with Crippen molar-refractivity contribution in [3.05, 3.63) is 59.1 Å². The number of anilines is 1. The highest BCUT2D eigenvalue weighted by molar-refractivity contribution is 6.30. The molecule has 1 aliphatic carbocycles. The lowest BCUT2D eigenvalue weighted by Gasteiger charge is -2.33. The smallest absolute Gasteiger partial charge is 0.142 e. The number of halogens is 2. The molecule has 150 valence electrons. The van der Waals surface area contributed by atoms with Crippen molar-refractivity contribution in [1.29, 1.82) is 0 Å². The van der Waals surface area contributed by atoms with Crippen molar-refractivity contribution in [2.75, 3.05) is 5.73 Å². The second kappa shape index (κ2) is 7.01. The van der Waals surface area contributed by atoms with E-state index in [1.165, 1.54) is 12.1 Å². The topological polar surface area (TPSA) is 105 Å². The molecule has 2 heterocycles. The van der Waals surface area contributed by atoms with Crippen LogP contribution in [-0.4, -0.2) is 37.1 Å². The third kappa shape index (κ3) is 2.88. The van der Waals surface area contributed by atoms with Gasteiger partial charge in [-0.25, -0.2) is 9.37 Å². The van der Waals surface area contributed by atoms with E-state index in [0.717, 1.165) is 6.07 Å². The molecule has 3 aromatic rings. The van der Waals surface area contributed by atoms with Crippen molar-refractivity contribution in [3.8, 4) is 12.3 Å². The van der Waals surface area contributed by atoms with Crippen LogP contribution in [0, 0.1) is 23.6 Å². The summed E-state index contributed by atoms with van der Waals surface area (Å²) in [6.45, 7) is 0. The fraction of sp³-hybridized carbons (Fsp3) is 0.286. The highest BCUT2D eigenvalue weighted by Crippen LogP contribution is 2.52. The lowest BCUT2D eigenvalue weighted by Crippen LogP contribution is -2.40. The Morgan fingerprint density at radius 2 is 2.10 bits per heavy atom. The number of rotatable bonds is 3. The Morgan fingerprint density at radius 3 is 2.79 bits per heavy atom. The van der Waals surface area contributed by atoms with Gasteiger partial charge in [0.1, 0.15) is 23.7 Å². The van der Waals surface area contributed by atoms with E-state index >= 15 is 0 Å². The minimum atomic E-state index is -1.54. The third-order valence-electron chi connectivity index (χ3n) is 5.81. The third-order valence-corrected chi connectivity index (χ3v) is 6.12. The zero-order chi connectivity index (χ0) is 20.9. The monoisotopic (exact) mass is 415 g/mol. The molecule has 0 spiro atoms. The Hall–Kier alpha value is -2.63. The minimum absolute atomic E-state index is 0.0392.